The van der Waals surface area contributed by atoms with Crippen molar-refractivity contribution in [1.82, 2.24) is 25.3 Å². The minimum absolute atomic E-state index is 0. The van der Waals surface area contributed by atoms with Gasteiger partial charge in [0.15, 0.2) is 5.96 Å². The zero-order valence-electron chi connectivity index (χ0n) is 18.0. The van der Waals surface area contributed by atoms with E-state index in [2.05, 4.69) is 43.3 Å². The number of aromatic nitrogens is 2. The molecule has 3 heterocycles. The third-order valence-corrected chi connectivity index (χ3v) is 5.67. The Morgan fingerprint density at radius 1 is 1.24 bits per heavy atom. The van der Waals surface area contributed by atoms with E-state index < -0.39 is 0 Å². The number of ether oxygens (including phenoxy) is 2. The molecule has 1 aromatic rings. The standard InChI is InChI=1S/C20H36N6O2.HI/c1-16-13-17(2)26(24-16)7-4-6-22-20(21-3)23-14-19(18-5-10-28-15-18)25-8-11-27-12-9-25;/h13,18-19H,4-12,14-15H2,1-3H3,(H2,21,22,23);1H. The zero-order chi connectivity index (χ0) is 19.8. The second-order valence-electron chi connectivity index (χ2n) is 7.72. The fraction of sp³-hybridized carbons (Fsp3) is 0.800. The molecule has 29 heavy (non-hydrogen) atoms. The van der Waals surface area contributed by atoms with Gasteiger partial charge in [-0.25, -0.2) is 0 Å². The number of aliphatic imine (C=N–C) groups is 1. The number of rotatable bonds is 8. The molecule has 8 nitrogen and oxygen atoms in total. The minimum Gasteiger partial charge on any atom is -0.381 e. The summed E-state index contributed by atoms with van der Waals surface area (Å²) in [4.78, 5) is 6.94. The van der Waals surface area contributed by atoms with Crippen LogP contribution in [0.5, 0.6) is 0 Å². The van der Waals surface area contributed by atoms with Crippen LogP contribution < -0.4 is 10.6 Å². The highest BCUT2D eigenvalue weighted by Crippen LogP contribution is 2.21. The summed E-state index contributed by atoms with van der Waals surface area (Å²) < 4.78 is 13.3. The Labute approximate surface area is 191 Å². The number of hydrogen-bond acceptors (Lipinski definition) is 5. The first-order valence-corrected chi connectivity index (χ1v) is 10.5. The average Bonchev–Trinajstić information content (AvgIpc) is 3.34. The maximum atomic E-state index is 5.66. The van der Waals surface area contributed by atoms with Crippen molar-refractivity contribution in [2.24, 2.45) is 10.9 Å². The van der Waals surface area contributed by atoms with Gasteiger partial charge in [-0.2, -0.15) is 5.10 Å². The number of halogens is 1. The Morgan fingerprint density at radius 2 is 2.03 bits per heavy atom. The highest BCUT2D eigenvalue weighted by atomic mass is 127. The number of nitrogens with one attached hydrogen (secondary N) is 2. The Bertz CT molecular complexity index is 626. The molecular weight excluding hydrogens is 483 g/mol. The van der Waals surface area contributed by atoms with Crippen LogP contribution in [0.25, 0.3) is 0 Å². The van der Waals surface area contributed by atoms with Gasteiger partial charge in [-0.15, -0.1) is 24.0 Å². The van der Waals surface area contributed by atoms with Crippen LogP contribution in [0.1, 0.15) is 24.2 Å². The normalized spacial score (nSPS) is 21.6. The summed E-state index contributed by atoms with van der Waals surface area (Å²) in [7, 11) is 1.83. The molecule has 0 amide bonds. The monoisotopic (exact) mass is 520 g/mol. The minimum atomic E-state index is 0. The van der Waals surface area contributed by atoms with Gasteiger partial charge >= 0.3 is 0 Å². The number of aryl methyl sites for hydroxylation is 3. The van der Waals surface area contributed by atoms with E-state index in [1.165, 1.54) is 5.69 Å². The third kappa shape index (κ3) is 7.37. The van der Waals surface area contributed by atoms with Crippen LogP contribution >= 0.6 is 24.0 Å². The lowest BCUT2D eigenvalue weighted by atomic mass is 9.97. The second kappa shape index (κ2) is 12.7. The average molecular weight is 520 g/mol. The molecule has 0 spiro atoms. The van der Waals surface area contributed by atoms with Gasteiger partial charge in [0, 0.05) is 64.0 Å². The lowest BCUT2D eigenvalue weighted by Gasteiger charge is -2.37. The van der Waals surface area contributed by atoms with Crippen LogP contribution in [0.4, 0.5) is 0 Å². The van der Waals surface area contributed by atoms with Crippen molar-refractivity contribution in [3.05, 3.63) is 17.5 Å². The molecule has 1 aromatic heterocycles. The van der Waals surface area contributed by atoms with E-state index in [-0.39, 0.29) is 24.0 Å². The van der Waals surface area contributed by atoms with E-state index in [4.69, 9.17) is 9.47 Å². The maximum absolute atomic E-state index is 5.66. The molecule has 0 bridgehead atoms. The van der Waals surface area contributed by atoms with Gasteiger partial charge in [-0.1, -0.05) is 0 Å². The zero-order valence-corrected chi connectivity index (χ0v) is 20.4. The van der Waals surface area contributed by atoms with Crippen molar-refractivity contribution in [2.75, 3.05) is 59.7 Å². The van der Waals surface area contributed by atoms with Gasteiger partial charge < -0.3 is 20.1 Å². The molecule has 2 fully saturated rings. The van der Waals surface area contributed by atoms with Crippen LogP contribution in [0.3, 0.4) is 0 Å². The summed E-state index contributed by atoms with van der Waals surface area (Å²) in [5, 5.41) is 11.5. The molecule has 2 saturated heterocycles. The highest BCUT2D eigenvalue weighted by Gasteiger charge is 2.31. The van der Waals surface area contributed by atoms with Gasteiger partial charge in [-0.05, 0) is 32.8 Å². The number of guanidine groups is 1. The summed E-state index contributed by atoms with van der Waals surface area (Å²) in [6.07, 6.45) is 2.14. The van der Waals surface area contributed by atoms with E-state index >= 15 is 0 Å². The highest BCUT2D eigenvalue weighted by molar-refractivity contribution is 14.0. The van der Waals surface area contributed by atoms with Gasteiger partial charge in [0.25, 0.3) is 0 Å². The van der Waals surface area contributed by atoms with Gasteiger partial charge in [-0.3, -0.25) is 14.6 Å². The Morgan fingerprint density at radius 3 is 2.66 bits per heavy atom. The molecule has 0 radical (unpaired) electrons. The Kier molecular flexibility index (Phi) is 10.7. The molecule has 0 aromatic carbocycles. The van der Waals surface area contributed by atoms with Crippen LogP contribution in [-0.4, -0.2) is 86.3 Å². The topological polar surface area (TPSA) is 75.9 Å². The van der Waals surface area contributed by atoms with Gasteiger partial charge in [0.1, 0.15) is 0 Å². The maximum Gasteiger partial charge on any atom is 0.191 e. The first kappa shape index (κ1) is 24.4. The third-order valence-electron chi connectivity index (χ3n) is 5.67. The van der Waals surface area contributed by atoms with Crippen molar-refractivity contribution in [2.45, 2.75) is 39.3 Å². The van der Waals surface area contributed by atoms with E-state index in [1.54, 1.807) is 0 Å². The molecular formula is C20H37IN6O2. The van der Waals surface area contributed by atoms with E-state index in [1.807, 2.05) is 14.0 Å². The smallest absolute Gasteiger partial charge is 0.191 e. The molecule has 2 aliphatic rings. The summed E-state index contributed by atoms with van der Waals surface area (Å²) in [6.45, 7) is 12.2. The van der Waals surface area contributed by atoms with Crippen LogP contribution in [-0.2, 0) is 16.0 Å². The molecule has 2 atom stereocenters. The molecule has 2 N–H and O–H groups in total. The van der Waals surface area contributed by atoms with E-state index in [0.717, 1.165) is 83.6 Å². The van der Waals surface area contributed by atoms with E-state index in [9.17, 15) is 0 Å². The number of morpholine rings is 1. The molecule has 9 heteroatoms. The lowest BCUT2D eigenvalue weighted by molar-refractivity contribution is 0.00247. The molecule has 166 valence electrons. The largest absolute Gasteiger partial charge is 0.381 e. The molecule has 2 unspecified atom stereocenters. The summed E-state index contributed by atoms with van der Waals surface area (Å²) in [5.74, 6) is 1.44. The first-order valence-electron chi connectivity index (χ1n) is 10.5. The van der Waals surface area contributed by atoms with Gasteiger partial charge in [0.2, 0.25) is 0 Å². The van der Waals surface area contributed by atoms with Crippen LogP contribution in [0, 0.1) is 19.8 Å². The van der Waals surface area contributed by atoms with E-state index in [0.29, 0.717) is 12.0 Å². The first-order chi connectivity index (χ1) is 13.7. The molecule has 0 saturated carbocycles. The number of nitrogens with zero attached hydrogens (tertiary/aromatic N) is 4. The predicted octanol–water partition coefficient (Wildman–Crippen LogP) is 1.41. The fourth-order valence-electron chi connectivity index (χ4n) is 4.12. The van der Waals surface area contributed by atoms with Crippen molar-refractivity contribution >= 4 is 29.9 Å². The number of hydrogen-bond donors (Lipinski definition) is 2. The Hall–Kier alpha value is -0.910. The van der Waals surface area contributed by atoms with Crippen molar-refractivity contribution in [1.29, 1.82) is 0 Å². The fourth-order valence-corrected chi connectivity index (χ4v) is 4.12. The van der Waals surface area contributed by atoms with Crippen molar-refractivity contribution < 1.29 is 9.47 Å². The molecule has 2 aliphatic heterocycles. The summed E-state index contributed by atoms with van der Waals surface area (Å²) in [6, 6.07) is 2.58. The second-order valence-corrected chi connectivity index (χ2v) is 7.72. The quantitative estimate of drug-likeness (QED) is 0.234. The van der Waals surface area contributed by atoms with Gasteiger partial charge in [0.05, 0.1) is 25.5 Å². The van der Waals surface area contributed by atoms with Crippen molar-refractivity contribution in [3.63, 3.8) is 0 Å². The molecule has 3 rings (SSSR count). The predicted molar refractivity (Wildman–Crippen MR) is 126 cm³/mol. The van der Waals surface area contributed by atoms with Crippen LogP contribution in [0.15, 0.2) is 11.1 Å². The van der Waals surface area contributed by atoms with Crippen LogP contribution in [0.2, 0.25) is 0 Å². The summed E-state index contributed by atoms with van der Waals surface area (Å²) in [5.41, 5.74) is 2.29. The summed E-state index contributed by atoms with van der Waals surface area (Å²) >= 11 is 0. The van der Waals surface area contributed by atoms with Crippen molar-refractivity contribution in [3.8, 4) is 0 Å². The molecule has 0 aliphatic carbocycles. The SMILES string of the molecule is CN=C(NCCCn1nc(C)cc1C)NCC(C1CCOC1)N1CCOCC1.I. The Balaban J connectivity index is 0.00000300. The lowest BCUT2D eigenvalue weighted by Crippen LogP contribution is -2.53.